The van der Waals surface area contributed by atoms with E-state index in [0.29, 0.717) is 13.1 Å². The van der Waals surface area contributed by atoms with Crippen molar-refractivity contribution in [3.63, 3.8) is 0 Å². The van der Waals surface area contributed by atoms with Gasteiger partial charge in [-0.2, -0.15) is 0 Å². The summed E-state index contributed by atoms with van der Waals surface area (Å²) in [5, 5.41) is 5.46. The van der Waals surface area contributed by atoms with Gasteiger partial charge in [0.05, 0.1) is 0 Å². The highest BCUT2D eigenvalue weighted by atomic mass is 16.2. The Morgan fingerprint density at radius 3 is 2.58 bits per heavy atom. The first-order valence-electron chi connectivity index (χ1n) is 4.49. The first-order chi connectivity index (χ1) is 5.74. The minimum absolute atomic E-state index is 0.113. The Labute approximate surface area is 73.9 Å². The van der Waals surface area contributed by atoms with Crippen molar-refractivity contribution < 1.29 is 4.79 Å². The lowest BCUT2D eigenvalue weighted by Crippen LogP contribution is -2.45. The van der Waals surface area contributed by atoms with Gasteiger partial charge in [-0.1, -0.05) is 13.3 Å². The molecule has 0 saturated carbocycles. The summed E-state index contributed by atoms with van der Waals surface area (Å²) in [6.07, 6.45) is 1.97. The summed E-state index contributed by atoms with van der Waals surface area (Å²) in [6.45, 7) is 5.11. The number of nitrogens with one attached hydrogen (secondary N) is 2. The van der Waals surface area contributed by atoms with Crippen molar-refractivity contribution >= 4 is 6.03 Å². The van der Waals surface area contributed by atoms with Crippen molar-refractivity contribution in [3.05, 3.63) is 0 Å². The third-order valence-electron chi connectivity index (χ3n) is 1.59. The summed E-state index contributed by atoms with van der Waals surface area (Å²) in [5.41, 5.74) is 5.46. The molecule has 4 N–H and O–H groups in total. The highest BCUT2D eigenvalue weighted by Gasteiger charge is 2.07. The van der Waals surface area contributed by atoms with E-state index in [1.54, 1.807) is 0 Å². The number of rotatable bonds is 5. The Balaban J connectivity index is 3.61. The van der Waals surface area contributed by atoms with Crippen molar-refractivity contribution in [1.82, 2.24) is 10.6 Å². The summed E-state index contributed by atoms with van der Waals surface area (Å²) < 4.78 is 0. The van der Waals surface area contributed by atoms with Gasteiger partial charge in [-0.25, -0.2) is 4.79 Å². The lowest BCUT2D eigenvalue weighted by Gasteiger charge is -2.15. The van der Waals surface area contributed by atoms with E-state index >= 15 is 0 Å². The third-order valence-corrected chi connectivity index (χ3v) is 1.59. The minimum Gasteiger partial charge on any atom is -0.338 e. The van der Waals surface area contributed by atoms with E-state index in [0.717, 1.165) is 12.8 Å². The Bertz CT molecular complexity index is 127. The van der Waals surface area contributed by atoms with Crippen LogP contribution < -0.4 is 16.4 Å². The molecule has 0 spiro atoms. The molecule has 0 aromatic carbocycles. The van der Waals surface area contributed by atoms with Crippen molar-refractivity contribution in [2.24, 2.45) is 5.73 Å². The van der Waals surface area contributed by atoms with Crippen LogP contribution in [0.1, 0.15) is 26.7 Å². The predicted octanol–water partition coefficient (Wildman–Crippen LogP) is 0.433. The topological polar surface area (TPSA) is 67.1 Å². The molecule has 0 bridgehead atoms. The molecule has 1 unspecified atom stereocenters. The van der Waals surface area contributed by atoms with Crippen molar-refractivity contribution in [1.29, 1.82) is 0 Å². The predicted molar refractivity (Wildman–Crippen MR) is 50.0 cm³/mol. The van der Waals surface area contributed by atoms with E-state index < -0.39 is 0 Å². The lowest BCUT2D eigenvalue weighted by atomic mass is 10.2. The molecule has 72 valence electrons. The molecular formula is C8H19N3O. The summed E-state index contributed by atoms with van der Waals surface area (Å²) in [5.74, 6) is 0. The highest BCUT2D eigenvalue weighted by molar-refractivity contribution is 5.74. The second kappa shape index (κ2) is 6.91. The van der Waals surface area contributed by atoms with Crippen LogP contribution in [0.15, 0.2) is 0 Å². The second-order valence-electron chi connectivity index (χ2n) is 2.73. The molecule has 0 radical (unpaired) electrons. The molecule has 0 aliphatic heterocycles. The van der Waals surface area contributed by atoms with Gasteiger partial charge >= 0.3 is 6.03 Å². The number of hydrogen-bond acceptors (Lipinski definition) is 2. The summed E-state index contributed by atoms with van der Waals surface area (Å²) >= 11 is 0. The van der Waals surface area contributed by atoms with E-state index in [1.165, 1.54) is 0 Å². The maximum atomic E-state index is 11.0. The molecule has 1 atom stereocenters. The Hall–Kier alpha value is -0.770. The number of nitrogens with two attached hydrogens (primary N) is 1. The zero-order valence-corrected chi connectivity index (χ0v) is 7.89. The number of amides is 2. The number of carbonyl (C=O) groups excluding carboxylic acids is 1. The second-order valence-corrected chi connectivity index (χ2v) is 2.73. The van der Waals surface area contributed by atoms with Gasteiger partial charge in [0.15, 0.2) is 0 Å². The largest absolute Gasteiger partial charge is 0.338 e. The fourth-order valence-electron chi connectivity index (χ4n) is 0.994. The van der Waals surface area contributed by atoms with Crippen LogP contribution >= 0.6 is 0 Å². The fourth-order valence-corrected chi connectivity index (χ4v) is 0.994. The Kier molecular flexibility index (Phi) is 6.47. The van der Waals surface area contributed by atoms with Crippen LogP contribution in [0.2, 0.25) is 0 Å². The monoisotopic (exact) mass is 173 g/mol. The SMILES string of the molecule is CCCC(CN)NC(=O)NCC. The number of urea groups is 1. The van der Waals surface area contributed by atoms with Crippen molar-refractivity contribution in [2.75, 3.05) is 13.1 Å². The van der Waals surface area contributed by atoms with Crippen LogP contribution in [0.3, 0.4) is 0 Å². The molecule has 0 heterocycles. The maximum Gasteiger partial charge on any atom is 0.315 e. The molecule has 0 aromatic heterocycles. The summed E-state index contributed by atoms with van der Waals surface area (Å²) in [6, 6.07) is -0.0112. The van der Waals surface area contributed by atoms with Crippen LogP contribution in [-0.2, 0) is 0 Å². The van der Waals surface area contributed by atoms with Gasteiger partial charge in [0.1, 0.15) is 0 Å². The molecule has 0 saturated heterocycles. The number of hydrogen-bond donors (Lipinski definition) is 3. The first kappa shape index (κ1) is 11.2. The van der Waals surface area contributed by atoms with Gasteiger partial charge in [0.25, 0.3) is 0 Å². The normalized spacial score (nSPS) is 12.2. The van der Waals surface area contributed by atoms with Gasteiger partial charge in [0.2, 0.25) is 0 Å². The van der Waals surface area contributed by atoms with Gasteiger partial charge in [-0.15, -0.1) is 0 Å². The molecule has 0 fully saturated rings. The summed E-state index contributed by atoms with van der Waals surface area (Å²) in [4.78, 5) is 11.0. The number of carbonyl (C=O) groups is 1. The smallest absolute Gasteiger partial charge is 0.315 e. The minimum atomic E-state index is -0.124. The van der Waals surface area contributed by atoms with E-state index in [4.69, 9.17) is 5.73 Å². The van der Waals surface area contributed by atoms with Crippen molar-refractivity contribution in [2.45, 2.75) is 32.7 Å². The van der Waals surface area contributed by atoms with E-state index in [9.17, 15) is 4.79 Å². The molecular weight excluding hydrogens is 154 g/mol. The van der Waals surface area contributed by atoms with Crippen LogP contribution in [0.25, 0.3) is 0 Å². The zero-order chi connectivity index (χ0) is 9.40. The van der Waals surface area contributed by atoms with Crippen LogP contribution in [0.5, 0.6) is 0 Å². The van der Waals surface area contributed by atoms with Crippen molar-refractivity contribution in [3.8, 4) is 0 Å². The molecule has 0 aliphatic carbocycles. The molecule has 2 amide bonds. The van der Waals surface area contributed by atoms with Gasteiger partial charge in [-0.3, -0.25) is 0 Å². The van der Waals surface area contributed by atoms with Gasteiger partial charge in [0, 0.05) is 19.1 Å². The van der Waals surface area contributed by atoms with E-state index in [1.807, 2.05) is 6.92 Å². The quantitative estimate of drug-likeness (QED) is 0.564. The fraction of sp³-hybridized carbons (Fsp3) is 0.875. The van der Waals surface area contributed by atoms with Crippen LogP contribution in [-0.4, -0.2) is 25.2 Å². The zero-order valence-electron chi connectivity index (χ0n) is 7.89. The van der Waals surface area contributed by atoms with Gasteiger partial charge in [-0.05, 0) is 13.3 Å². The van der Waals surface area contributed by atoms with Crippen LogP contribution in [0, 0.1) is 0 Å². The molecule has 0 aromatic rings. The average Bonchev–Trinajstić information content (AvgIpc) is 2.04. The molecule has 12 heavy (non-hydrogen) atoms. The molecule has 0 aliphatic rings. The summed E-state index contributed by atoms with van der Waals surface area (Å²) in [7, 11) is 0. The third kappa shape index (κ3) is 4.96. The molecule has 4 nitrogen and oxygen atoms in total. The van der Waals surface area contributed by atoms with Gasteiger partial charge < -0.3 is 16.4 Å². The Morgan fingerprint density at radius 1 is 1.50 bits per heavy atom. The van der Waals surface area contributed by atoms with E-state index in [2.05, 4.69) is 17.6 Å². The molecule has 4 heteroatoms. The average molecular weight is 173 g/mol. The Morgan fingerprint density at radius 2 is 2.17 bits per heavy atom. The molecule has 0 rings (SSSR count). The standard InChI is InChI=1S/C8H19N3O/c1-3-5-7(6-9)11-8(12)10-4-2/h7H,3-6,9H2,1-2H3,(H2,10,11,12). The first-order valence-corrected chi connectivity index (χ1v) is 4.49. The van der Waals surface area contributed by atoms with Crippen LogP contribution in [0.4, 0.5) is 4.79 Å². The maximum absolute atomic E-state index is 11.0. The van der Waals surface area contributed by atoms with E-state index in [-0.39, 0.29) is 12.1 Å². The highest BCUT2D eigenvalue weighted by Crippen LogP contribution is 1.93. The lowest BCUT2D eigenvalue weighted by molar-refractivity contribution is 0.237.